The first kappa shape index (κ1) is 17.0. The number of hydrogen-bond acceptors (Lipinski definition) is 7. The molecule has 11 heteroatoms. The number of hydrogen-bond donors (Lipinski definition) is 2. The van der Waals surface area contributed by atoms with Gasteiger partial charge in [-0.3, -0.25) is 5.32 Å². The molecule has 1 aromatic heterocycles. The molecule has 21 heavy (non-hydrogen) atoms. The summed E-state index contributed by atoms with van der Waals surface area (Å²) < 4.78 is 31.5. The van der Waals surface area contributed by atoms with Crippen LogP contribution in [0.3, 0.4) is 0 Å². The molecule has 0 aliphatic heterocycles. The zero-order valence-corrected chi connectivity index (χ0v) is 13.1. The van der Waals surface area contributed by atoms with Crippen LogP contribution in [0.5, 0.6) is 6.01 Å². The highest BCUT2D eigenvalue weighted by Crippen LogP contribution is 2.06. The third kappa shape index (κ3) is 4.79. The van der Waals surface area contributed by atoms with Gasteiger partial charge in [0.05, 0.1) is 7.11 Å². The van der Waals surface area contributed by atoms with Gasteiger partial charge in [-0.1, -0.05) is 13.8 Å². The molecule has 1 rings (SSSR count). The second-order valence-corrected chi connectivity index (χ2v) is 5.51. The second-order valence-electron chi connectivity index (χ2n) is 3.84. The van der Waals surface area contributed by atoms with E-state index in [1.165, 1.54) is 7.11 Å². The number of ether oxygens (including phenoxy) is 1. The zero-order valence-electron chi connectivity index (χ0n) is 12.2. The largest absolute Gasteiger partial charge is 0.467 e. The number of methoxy groups -OCH3 is 1. The summed E-state index contributed by atoms with van der Waals surface area (Å²) in [6, 6.07) is -0.945. The van der Waals surface area contributed by atoms with Crippen LogP contribution in [0.1, 0.15) is 19.7 Å². The Morgan fingerprint density at radius 1 is 1.24 bits per heavy atom. The standard InChI is InChI=1S/C10H18N6O4S/c1-5-16(6-2)21(18,19)15-9(17)13-8-11-7(3)12-10(14-8)20-4/h5-6H2,1-4H3,(H2,11,12,13,14,15,17). The van der Waals surface area contributed by atoms with Crippen LogP contribution in [-0.4, -0.2) is 53.9 Å². The molecule has 0 aliphatic carbocycles. The third-order valence-electron chi connectivity index (χ3n) is 2.40. The summed E-state index contributed by atoms with van der Waals surface area (Å²) in [6.07, 6.45) is 0. The number of aryl methyl sites for hydroxylation is 1. The SMILES string of the molecule is CCN(CC)S(=O)(=O)NC(=O)Nc1nc(C)nc(OC)n1. The number of nitrogens with zero attached hydrogens (tertiary/aromatic N) is 4. The first-order valence-electron chi connectivity index (χ1n) is 6.17. The van der Waals surface area contributed by atoms with Crippen LogP contribution in [0.15, 0.2) is 0 Å². The van der Waals surface area contributed by atoms with Crippen LogP contribution in [0.4, 0.5) is 10.7 Å². The number of nitrogens with one attached hydrogen (secondary N) is 2. The summed E-state index contributed by atoms with van der Waals surface area (Å²) in [4.78, 5) is 23.2. The topological polar surface area (TPSA) is 126 Å². The van der Waals surface area contributed by atoms with Crippen LogP contribution in [0, 0.1) is 6.92 Å². The lowest BCUT2D eigenvalue weighted by Crippen LogP contribution is -2.45. The molecule has 0 aliphatic rings. The Morgan fingerprint density at radius 2 is 1.86 bits per heavy atom. The van der Waals surface area contributed by atoms with Gasteiger partial charge in [-0.25, -0.2) is 9.52 Å². The van der Waals surface area contributed by atoms with Crippen molar-refractivity contribution in [3.05, 3.63) is 5.82 Å². The Balaban J connectivity index is 2.80. The molecule has 0 fully saturated rings. The van der Waals surface area contributed by atoms with E-state index in [4.69, 9.17) is 4.74 Å². The summed E-state index contributed by atoms with van der Waals surface area (Å²) in [7, 11) is -2.53. The normalized spacial score (nSPS) is 11.3. The van der Waals surface area contributed by atoms with Gasteiger partial charge in [0.2, 0.25) is 5.95 Å². The number of urea groups is 1. The van der Waals surface area contributed by atoms with Gasteiger partial charge < -0.3 is 4.74 Å². The molecule has 1 aromatic rings. The molecule has 0 atom stereocenters. The van der Waals surface area contributed by atoms with Crippen molar-refractivity contribution in [2.24, 2.45) is 0 Å². The van der Waals surface area contributed by atoms with Gasteiger partial charge in [0.1, 0.15) is 5.82 Å². The van der Waals surface area contributed by atoms with Crippen LogP contribution >= 0.6 is 0 Å². The Morgan fingerprint density at radius 3 is 2.38 bits per heavy atom. The van der Waals surface area contributed by atoms with Crippen molar-refractivity contribution >= 4 is 22.2 Å². The number of carbonyl (C=O) groups excluding carboxylic acids is 1. The highest BCUT2D eigenvalue weighted by atomic mass is 32.2. The van der Waals surface area contributed by atoms with Gasteiger partial charge in [0.25, 0.3) is 0 Å². The number of amides is 2. The predicted octanol–water partition coefficient (Wildman–Crippen LogP) is -0.103. The molecule has 2 amide bonds. The van der Waals surface area contributed by atoms with E-state index in [-0.39, 0.29) is 25.0 Å². The molecule has 10 nitrogen and oxygen atoms in total. The highest BCUT2D eigenvalue weighted by molar-refractivity contribution is 7.87. The van der Waals surface area contributed by atoms with E-state index in [0.29, 0.717) is 5.82 Å². The van der Waals surface area contributed by atoms with Gasteiger partial charge in [-0.2, -0.15) is 27.7 Å². The minimum absolute atomic E-state index is 0.0180. The number of anilines is 1. The Bertz CT molecular complexity index is 602. The van der Waals surface area contributed by atoms with Crippen molar-refractivity contribution in [3.8, 4) is 6.01 Å². The van der Waals surface area contributed by atoms with Gasteiger partial charge in [0.15, 0.2) is 0 Å². The maximum Gasteiger partial charge on any atom is 0.336 e. The van der Waals surface area contributed by atoms with Gasteiger partial charge >= 0.3 is 22.3 Å². The number of rotatable bonds is 6. The van der Waals surface area contributed by atoms with Crippen molar-refractivity contribution in [1.82, 2.24) is 24.0 Å². The molecule has 2 N–H and O–H groups in total. The third-order valence-corrected chi connectivity index (χ3v) is 4.04. The highest BCUT2D eigenvalue weighted by Gasteiger charge is 2.21. The van der Waals surface area contributed by atoms with E-state index in [2.05, 4.69) is 20.3 Å². The van der Waals surface area contributed by atoms with Gasteiger partial charge in [-0.05, 0) is 6.92 Å². The summed E-state index contributed by atoms with van der Waals surface area (Å²) in [5.41, 5.74) is 0. The van der Waals surface area contributed by atoms with Crippen molar-refractivity contribution in [1.29, 1.82) is 0 Å². The molecule has 1 heterocycles. The fourth-order valence-corrected chi connectivity index (χ4v) is 2.57. The van der Waals surface area contributed by atoms with Crippen LogP contribution < -0.4 is 14.8 Å². The van der Waals surface area contributed by atoms with Gasteiger partial charge in [-0.15, -0.1) is 0 Å². The molecule has 118 valence electrons. The number of aromatic nitrogens is 3. The second kappa shape index (κ2) is 7.13. The average Bonchev–Trinajstić information content (AvgIpc) is 2.37. The lowest BCUT2D eigenvalue weighted by Gasteiger charge is -2.18. The summed E-state index contributed by atoms with van der Waals surface area (Å²) >= 11 is 0. The molecule has 0 bridgehead atoms. The van der Waals surface area contributed by atoms with E-state index >= 15 is 0 Å². The summed E-state index contributed by atoms with van der Waals surface area (Å²) in [5.74, 6) is 0.218. The predicted molar refractivity (Wildman–Crippen MR) is 75.1 cm³/mol. The zero-order chi connectivity index (χ0) is 16.0. The molecular formula is C10H18N6O4S. The summed E-state index contributed by atoms with van der Waals surface area (Å²) in [6.45, 7) is 5.41. The Hall–Kier alpha value is -2.01. The maximum atomic E-state index is 11.9. The molecule has 0 spiro atoms. The van der Waals surface area contributed by atoms with Crippen molar-refractivity contribution in [2.45, 2.75) is 20.8 Å². The lowest BCUT2D eigenvalue weighted by molar-refractivity contribution is 0.255. The first-order chi connectivity index (χ1) is 9.82. The monoisotopic (exact) mass is 318 g/mol. The quantitative estimate of drug-likeness (QED) is 0.749. The Kier molecular flexibility index (Phi) is 5.79. The smallest absolute Gasteiger partial charge is 0.336 e. The maximum absolute atomic E-state index is 11.9. The Labute approximate surface area is 123 Å². The average molecular weight is 318 g/mol. The molecule has 0 radical (unpaired) electrons. The molecular weight excluding hydrogens is 300 g/mol. The van der Waals surface area contributed by atoms with E-state index in [0.717, 1.165) is 4.31 Å². The summed E-state index contributed by atoms with van der Waals surface area (Å²) in [5, 5.41) is 2.22. The van der Waals surface area contributed by atoms with Crippen molar-refractivity contribution in [3.63, 3.8) is 0 Å². The van der Waals surface area contributed by atoms with Crippen LogP contribution in [0.25, 0.3) is 0 Å². The number of carbonyl (C=O) groups is 1. The van der Waals surface area contributed by atoms with E-state index in [1.807, 2.05) is 4.72 Å². The van der Waals surface area contributed by atoms with E-state index < -0.39 is 16.2 Å². The first-order valence-corrected chi connectivity index (χ1v) is 7.61. The lowest BCUT2D eigenvalue weighted by atomic mass is 10.7. The molecule has 0 saturated heterocycles. The van der Waals surface area contributed by atoms with Gasteiger partial charge in [0, 0.05) is 13.1 Å². The van der Waals surface area contributed by atoms with Crippen molar-refractivity contribution < 1.29 is 17.9 Å². The van der Waals surface area contributed by atoms with E-state index in [1.54, 1.807) is 20.8 Å². The van der Waals surface area contributed by atoms with Crippen molar-refractivity contribution in [2.75, 3.05) is 25.5 Å². The fraction of sp³-hybridized carbons (Fsp3) is 0.600. The fourth-order valence-electron chi connectivity index (χ4n) is 1.48. The van der Waals surface area contributed by atoms with Crippen LogP contribution in [0.2, 0.25) is 0 Å². The minimum atomic E-state index is -3.90. The molecule has 0 unspecified atom stereocenters. The molecule has 0 saturated carbocycles. The minimum Gasteiger partial charge on any atom is -0.467 e. The molecule has 0 aromatic carbocycles. The van der Waals surface area contributed by atoms with E-state index in [9.17, 15) is 13.2 Å². The van der Waals surface area contributed by atoms with Crippen LogP contribution in [-0.2, 0) is 10.2 Å².